The van der Waals surface area contributed by atoms with Gasteiger partial charge < -0.3 is 10.1 Å². The van der Waals surface area contributed by atoms with E-state index in [2.05, 4.69) is 19.2 Å². The molecule has 2 rings (SSSR count). The number of ether oxygens (including phenoxy) is 1. The molecule has 1 fully saturated rings. The Labute approximate surface area is 119 Å². The highest BCUT2D eigenvalue weighted by Crippen LogP contribution is 2.37. The minimum absolute atomic E-state index is 0.0868. The van der Waals surface area contributed by atoms with Gasteiger partial charge >= 0.3 is 0 Å². The minimum Gasteiger partial charge on any atom is -0.496 e. The molecule has 4 heteroatoms. The predicted octanol–water partition coefficient (Wildman–Crippen LogP) is 3.66. The first-order valence-corrected chi connectivity index (χ1v) is 6.93. The second kappa shape index (κ2) is 5.41. The normalized spacial score (nSPS) is 21.2. The Morgan fingerprint density at radius 1 is 1.47 bits per heavy atom. The fourth-order valence-electron chi connectivity index (χ4n) is 2.68. The Morgan fingerprint density at radius 2 is 2.21 bits per heavy atom. The van der Waals surface area contributed by atoms with E-state index in [1.54, 1.807) is 25.3 Å². The van der Waals surface area contributed by atoms with Crippen molar-refractivity contribution >= 4 is 17.5 Å². The molecule has 1 unspecified atom stereocenters. The molecule has 0 aromatic heterocycles. The molecule has 3 nitrogen and oxygen atoms in total. The SMILES string of the molecule is COc1cc(Cl)ccc1C(=O)NC1CCC(C)(C)C1. The summed E-state index contributed by atoms with van der Waals surface area (Å²) in [4.78, 5) is 12.3. The molecule has 1 aromatic carbocycles. The van der Waals surface area contributed by atoms with E-state index in [9.17, 15) is 4.79 Å². The van der Waals surface area contributed by atoms with Crippen LogP contribution in [-0.4, -0.2) is 19.1 Å². The molecule has 1 atom stereocenters. The van der Waals surface area contributed by atoms with Crippen LogP contribution >= 0.6 is 11.6 Å². The molecule has 1 aromatic rings. The first kappa shape index (κ1) is 14.2. The first-order valence-electron chi connectivity index (χ1n) is 6.56. The Bertz CT molecular complexity index is 485. The van der Waals surface area contributed by atoms with Gasteiger partial charge in [0.15, 0.2) is 0 Å². The summed E-state index contributed by atoms with van der Waals surface area (Å²) < 4.78 is 5.21. The van der Waals surface area contributed by atoms with Crippen molar-refractivity contribution in [2.24, 2.45) is 5.41 Å². The molecule has 1 amide bonds. The van der Waals surface area contributed by atoms with Crippen molar-refractivity contribution in [2.45, 2.75) is 39.2 Å². The maximum Gasteiger partial charge on any atom is 0.255 e. The lowest BCUT2D eigenvalue weighted by Gasteiger charge is -2.18. The zero-order chi connectivity index (χ0) is 14.0. The Kier molecular flexibility index (Phi) is 4.04. The first-order chi connectivity index (χ1) is 8.91. The molecule has 1 saturated carbocycles. The number of methoxy groups -OCH3 is 1. The fourth-order valence-corrected chi connectivity index (χ4v) is 2.84. The maximum absolute atomic E-state index is 12.3. The second-order valence-electron chi connectivity index (χ2n) is 5.92. The van der Waals surface area contributed by atoms with E-state index in [0.29, 0.717) is 21.8 Å². The third kappa shape index (κ3) is 3.41. The number of rotatable bonds is 3. The molecule has 19 heavy (non-hydrogen) atoms. The van der Waals surface area contributed by atoms with Crippen molar-refractivity contribution in [1.82, 2.24) is 5.32 Å². The Balaban J connectivity index is 2.08. The van der Waals surface area contributed by atoms with E-state index in [4.69, 9.17) is 16.3 Å². The number of halogens is 1. The van der Waals surface area contributed by atoms with Crippen molar-refractivity contribution in [3.05, 3.63) is 28.8 Å². The molecule has 104 valence electrons. The molecule has 0 radical (unpaired) electrons. The average Bonchev–Trinajstić information content (AvgIpc) is 2.68. The summed E-state index contributed by atoms with van der Waals surface area (Å²) in [6.07, 6.45) is 3.21. The lowest BCUT2D eigenvalue weighted by Crippen LogP contribution is -2.33. The highest BCUT2D eigenvalue weighted by Gasteiger charge is 2.32. The number of carbonyl (C=O) groups is 1. The van der Waals surface area contributed by atoms with Gasteiger partial charge in [0.25, 0.3) is 5.91 Å². The van der Waals surface area contributed by atoms with Crippen LogP contribution < -0.4 is 10.1 Å². The van der Waals surface area contributed by atoms with Crippen LogP contribution in [0.5, 0.6) is 5.75 Å². The maximum atomic E-state index is 12.3. The van der Waals surface area contributed by atoms with E-state index >= 15 is 0 Å². The van der Waals surface area contributed by atoms with Crippen LogP contribution in [0.4, 0.5) is 0 Å². The molecular weight excluding hydrogens is 262 g/mol. The standard InChI is InChI=1S/C15H20ClNO2/c1-15(2)7-6-11(9-15)17-14(18)12-5-4-10(16)8-13(12)19-3/h4-5,8,11H,6-7,9H2,1-3H3,(H,17,18). The highest BCUT2D eigenvalue weighted by molar-refractivity contribution is 6.30. The summed E-state index contributed by atoms with van der Waals surface area (Å²) in [6.45, 7) is 4.48. The van der Waals surface area contributed by atoms with E-state index in [1.807, 2.05) is 0 Å². The van der Waals surface area contributed by atoms with Crippen LogP contribution in [0.15, 0.2) is 18.2 Å². The average molecular weight is 282 g/mol. The fraction of sp³-hybridized carbons (Fsp3) is 0.533. The van der Waals surface area contributed by atoms with Crippen LogP contribution in [0.25, 0.3) is 0 Å². The van der Waals surface area contributed by atoms with Gasteiger partial charge in [0.1, 0.15) is 5.75 Å². The third-order valence-electron chi connectivity index (χ3n) is 3.71. The quantitative estimate of drug-likeness (QED) is 0.918. The largest absolute Gasteiger partial charge is 0.496 e. The Morgan fingerprint density at radius 3 is 2.79 bits per heavy atom. The molecule has 1 aliphatic rings. The van der Waals surface area contributed by atoms with Gasteiger partial charge in [-0.3, -0.25) is 4.79 Å². The van der Waals surface area contributed by atoms with E-state index in [1.165, 1.54) is 0 Å². The van der Waals surface area contributed by atoms with E-state index < -0.39 is 0 Å². The molecule has 0 saturated heterocycles. The Hall–Kier alpha value is -1.22. The molecule has 0 bridgehead atoms. The number of benzene rings is 1. The van der Waals surface area contributed by atoms with Gasteiger partial charge in [-0.2, -0.15) is 0 Å². The van der Waals surface area contributed by atoms with Gasteiger partial charge in [0.2, 0.25) is 0 Å². The molecule has 0 spiro atoms. The van der Waals surface area contributed by atoms with Crippen LogP contribution in [0.3, 0.4) is 0 Å². The molecule has 0 heterocycles. The summed E-state index contributed by atoms with van der Waals surface area (Å²) in [7, 11) is 1.54. The van der Waals surface area contributed by atoms with Crippen molar-refractivity contribution < 1.29 is 9.53 Å². The van der Waals surface area contributed by atoms with E-state index in [0.717, 1.165) is 19.3 Å². The lowest BCUT2D eigenvalue weighted by atomic mass is 9.92. The van der Waals surface area contributed by atoms with Crippen molar-refractivity contribution in [3.63, 3.8) is 0 Å². The van der Waals surface area contributed by atoms with Crippen LogP contribution in [0.2, 0.25) is 5.02 Å². The predicted molar refractivity (Wildman–Crippen MR) is 76.9 cm³/mol. The monoisotopic (exact) mass is 281 g/mol. The van der Waals surface area contributed by atoms with Crippen molar-refractivity contribution in [2.75, 3.05) is 7.11 Å². The number of amides is 1. The topological polar surface area (TPSA) is 38.3 Å². The van der Waals surface area contributed by atoms with Gasteiger partial charge in [-0.05, 0) is 42.9 Å². The summed E-state index contributed by atoms with van der Waals surface area (Å²) >= 11 is 5.90. The summed E-state index contributed by atoms with van der Waals surface area (Å²) in [5.41, 5.74) is 0.860. The summed E-state index contributed by atoms with van der Waals surface area (Å²) in [5.74, 6) is 0.429. The highest BCUT2D eigenvalue weighted by atomic mass is 35.5. The molecule has 0 aliphatic heterocycles. The van der Waals surface area contributed by atoms with Gasteiger partial charge in [-0.15, -0.1) is 0 Å². The number of nitrogens with one attached hydrogen (secondary N) is 1. The molecule has 1 N–H and O–H groups in total. The third-order valence-corrected chi connectivity index (χ3v) is 3.95. The van der Waals surface area contributed by atoms with Gasteiger partial charge in [0, 0.05) is 11.1 Å². The number of hydrogen-bond donors (Lipinski definition) is 1. The van der Waals surface area contributed by atoms with Crippen LogP contribution in [-0.2, 0) is 0 Å². The van der Waals surface area contributed by atoms with Crippen molar-refractivity contribution in [3.8, 4) is 5.75 Å². The lowest BCUT2D eigenvalue weighted by molar-refractivity contribution is 0.0933. The zero-order valence-corrected chi connectivity index (χ0v) is 12.4. The van der Waals surface area contributed by atoms with Gasteiger partial charge in [0.05, 0.1) is 12.7 Å². The van der Waals surface area contributed by atoms with Gasteiger partial charge in [-0.1, -0.05) is 25.4 Å². The summed E-state index contributed by atoms with van der Waals surface area (Å²) in [6, 6.07) is 5.33. The summed E-state index contributed by atoms with van der Waals surface area (Å²) in [5, 5.41) is 3.65. The van der Waals surface area contributed by atoms with Gasteiger partial charge in [-0.25, -0.2) is 0 Å². The number of carbonyl (C=O) groups excluding carboxylic acids is 1. The van der Waals surface area contributed by atoms with Crippen molar-refractivity contribution in [1.29, 1.82) is 0 Å². The minimum atomic E-state index is -0.0868. The zero-order valence-electron chi connectivity index (χ0n) is 11.6. The smallest absolute Gasteiger partial charge is 0.255 e. The number of hydrogen-bond acceptors (Lipinski definition) is 2. The van der Waals surface area contributed by atoms with Crippen LogP contribution in [0.1, 0.15) is 43.5 Å². The van der Waals surface area contributed by atoms with E-state index in [-0.39, 0.29) is 11.9 Å². The molecule has 1 aliphatic carbocycles. The second-order valence-corrected chi connectivity index (χ2v) is 6.36. The van der Waals surface area contributed by atoms with Crippen LogP contribution in [0, 0.1) is 5.41 Å². The molecular formula is C15H20ClNO2.